The van der Waals surface area contributed by atoms with Crippen LogP contribution in [0.3, 0.4) is 0 Å². The molecule has 0 aromatic heterocycles. The van der Waals surface area contributed by atoms with Crippen molar-refractivity contribution in [2.24, 2.45) is 15.7 Å². The smallest absolute Gasteiger partial charge is 0.382 e. The van der Waals surface area contributed by atoms with Gasteiger partial charge in [0.25, 0.3) is 0 Å². The van der Waals surface area contributed by atoms with Crippen LogP contribution in [0, 0.1) is 10.3 Å². The van der Waals surface area contributed by atoms with Crippen LogP contribution in [0.25, 0.3) is 0 Å². The fourth-order valence-electron chi connectivity index (χ4n) is 2.91. The van der Waals surface area contributed by atoms with Gasteiger partial charge in [-0.05, 0) is 63.1 Å². The summed E-state index contributed by atoms with van der Waals surface area (Å²) in [5.41, 5.74) is 8.79. The topological polar surface area (TPSA) is 97.9 Å². The third kappa shape index (κ3) is 6.96. The molecule has 0 unspecified atom stereocenters. The second-order valence-electron chi connectivity index (χ2n) is 7.83. The minimum Gasteiger partial charge on any atom is -0.382 e. The van der Waals surface area contributed by atoms with E-state index in [0.29, 0.717) is 21.4 Å². The van der Waals surface area contributed by atoms with Crippen LogP contribution in [0.5, 0.6) is 0 Å². The molecule has 0 heterocycles. The first-order valence-electron chi connectivity index (χ1n) is 10.2. The molecule has 2 aromatic carbocycles. The summed E-state index contributed by atoms with van der Waals surface area (Å²) in [6.07, 6.45) is 0. The van der Waals surface area contributed by atoms with Crippen LogP contribution in [-0.4, -0.2) is 47.3 Å². The first-order chi connectivity index (χ1) is 15.1. The summed E-state index contributed by atoms with van der Waals surface area (Å²) in [5.74, 6) is -0.479. The lowest BCUT2D eigenvalue weighted by Gasteiger charge is -2.09. The number of nitrogens with one attached hydrogen (secondary N) is 1. The molecule has 3 N–H and O–H groups in total. The van der Waals surface area contributed by atoms with Crippen molar-refractivity contribution in [3.63, 3.8) is 0 Å². The molecule has 0 atom stereocenters. The third-order valence-corrected chi connectivity index (χ3v) is 5.45. The van der Waals surface area contributed by atoms with Gasteiger partial charge in [-0.1, -0.05) is 48.4 Å². The van der Waals surface area contributed by atoms with Gasteiger partial charge in [-0.2, -0.15) is 0 Å². The van der Waals surface area contributed by atoms with Gasteiger partial charge in [0, 0.05) is 27.2 Å². The summed E-state index contributed by atoms with van der Waals surface area (Å²) in [4.78, 5) is 24.2. The molecule has 168 valence electrons. The maximum atomic E-state index is 12.9. The minimum atomic E-state index is -0.401. The Morgan fingerprint density at radius 2 is 1.75 bits per heavy atom. The molecule has 32 heavy (non-hydrogen) atoms. The molecule has 2 rings (SSSR count). The second-order valence-corrected chi connectivity index (χ2v) is 9.48. The molecule has 0 fully saturated rings. The standard InChI is InChI=1S/C24H31N6OS/c1-16(2)32-21-13-9-19(10-14-21)17(3)28-22(23(25)27-4)24(26)30(31)20-11-7-18(8-12-20)15-29(5)6/h7-14,16,26H,4,15,25H2,1-3,5-6H3/q+1. The molecule has 8 heteroatoms. The van der Waals surface area contributed by atoms with E-state index in [-0.39, 0.29) is 11.5 Å². The molecule has 0 aliphatic rings. The molecule has 2 aromatic rings. The lowest BCUT2D eigenvalue weighted by Crippen LogP contribution is -2.18. The minimum absolute atomic E-state index is 0.0227. The molecular weight excluding hydrogens is 420 g/mol. The predicted octanol–water partition coefficient (Wildman–Crippen LogP) is 4.97. The van der Waals surface area contributed by atoms with Crippen LogP contribution in [-0.2, 0) is 6.54 Å². The maximum Gasteiger partial charge on any atom is 0.388 e. The highest BCUT2D eigenvalue weighted by molar-refractivity contribution is 7.99. The van der Waals surface area contributed by atoms with Gasteiger partial charge in [-0.25, -0.2) is 9.98 Å². The van der Waals surface area contributed by atoms with E-state index in [1.54, 1.807) is 30.8 Å². The first kappa shape index (κ1) is 25.2. The molecule has 0 saturated carbocycles. The van der Waals surface area contributed by atoms with Crippen LogP contribution in [0.1, 0.15) is 31.9 Å². The number of hydrogen-bond donors (Lipinski definition) is 2. The van der Waals surface area contributed by atoms with E-state index in [1.165, 1.54) is 0 Å². The summed E-state index contributed by atoms with van der Waals surface area (Å²) >= 11 is 1.77. The number of aliphatic imine (C=N–C) groups is 2. The van der Waals surface area contributed by atoms with Gasteiger partial charge in [-0.15, -0.1) is 11.8 Å². The summed E-state index contributed by atoms with van der Waals surface area (Å²) in [6.45, 7) is 10.3. The number of benzene rings is 2. The van der Waals surface area contributed by atoms with Crippen molar-refractivity contribution in [2.75, 3.05) is 14.1 Å². The number of amidine groups is 1. The van der Waals surface area contributed by atoms with E-state index in [0.717, 1.165) is 22.6 Å². The van der Waals surface area contributed by atoms with E-state index < -0.39 is 5.84 Å². The fourth-order valence-corrected chi connectivity index (χ4v) is 3.75. The monoisotopic (exact) mass is 451 g/mol. The molecule has 0 aliphatic carbocycles. The van der Waals surface area contributed by atoms with Crippen LogP contribution < -0.4 is 5.73 Å². The number of thioether (sulfide) groups is 1. The van der Waals surface area contributed by atoms with Crippen molar-refractivity contribution in [3.05, 3.63) is 76.1 Å². The summed E-state index contributed by atoms with van der Waals surface area (Å²) < 4.78 is 0.492. The first-order valence-corrected chi connectivity index (χ1v) is 11.1. The molecule has 0 radical (unpaired) electrons. The largest absolute Gasteiger partial charge is 0.388 e. The predicted molar refractivity (Wildman–Crippen MR) is 135 cm³/mol. The van der Waals surface area contributed by atoms with Gasteiger partial charge >= 0.3 is 5.84 Å². The summed E-state index contributed by atoms with van der Waals surface area (Å²) in [5, 5.41) is 8.92. The third-order valence-electron chi connectivity index (χ3n) is 4.43. The lowest BCUT2D eigenvalue weighted by molar-refractivity contribution is -0.332. The van der Waals surface area contributed by atoms with Crippen molar-refractivity contribution >= 4 is 35.7 Å². The average molecular weight is 452 g/mol. The van der Waals surface area contributed by atoms with E-state index >= 15 is 0 Å². The molecule has 0 bridgehead atoms. The zero-order valence-electron chi connectivity index (χ0n) is 19.3. The Hall–Kier alpha value is -3.10. The lowest BCUT2D eigenvalue weighted by atomic mass is 10.1. The Bertz CT molecular complexity index is 1040. The normalized spacial score (nSPS) is 12.7. The average Bonchev–Trinajstić information content (AvgIpc) is 2.76. The van der Waals surface area contributed by atoms with E-state index in [1.807, 2.05) is 55.4 Å². The van der Waals surface area contributed by atoms with Crippen molar-refractivity contribution in [3.8, 4) is 0 Å². The quantitative estimate of drug-likeness (QED) is 0.243. The van der Waals surface area contributed by atoms with Crippen molar-refractivity contribution in [1.82, 2.24) is 4.90 Å². The molecule has 0 saturated heterocycles. The Morgan fingerprint density at radius 3 is 2.25 bits per heavy atom. The fraction of sp³-hybridized carbons (Fsp3) is 0.292. The summed E-state index contributed by atoms with van der Waals surface area (Å²) in [7, 11) is 3.95. The van der Waals surface area contributed by atoms with Crippen LogP contribution in [0.15, 0.2) is 74.9 Å². The van der Waals surface area contributed by atoms with E-state index in [9.17, 15) is 4.91 Å². The van der Waals surface area contributed by atoms with Crippen LogP contribution in [0.2, 0.25) is 0 Å². The van der Waals surface area contributed by atoms with E-state index in [2.05, 4.69) is 30.5 Å². The highest BCUT2D eigenvalue weighted by Crippen LogP contribution is 2.23. The van der Waals surface area contributed by atoms with Gasteiger partial charge in [0.15, 0.2) is 11.5 Å². The van der Waals surface area contributed by atoms with E-state index in [4.69, 9.17) is 11.1 Å². The molecular formula is C24H31N6OS+. The van der Waals surface area contributed by atoms with Gasteiger partial charge in [0.2, 0.25) is 5.70 Å². The Labute approximate surface area is 194 Å². The second kappa shape index (κ2) is 11.5. The van der Waals surface area contributed by atoms with Crippen molar-refractivity contribution < 1.29 is 4.76 Å². The van der Waals surface area contributed by atoms with Crippen molar-refractivity contribution in [2.45, 2.75) is 37.5 Å². The highest BCUT2D eigenvalue weighted by Gasteiger charge is 2.26. The number of hydrogen-bond acceptors (Lipinski definition) is 7. The number of nitroso groups, excluding NO2 is 1. The zero-order valence-corrected chi connectivity index (χ0v) is 20.1. The molecule has 7 nitrogen and oxygen atoms in total. The molecule has 0 spiro atoms. The summed E-state index contributed by atoms with van der Waals surface area (Å²) in [6, 6.07) is 15.0. The zero-order chi connectivity index (χ0) is 23.8. The van der Waals surface area contributed by atoms with Crippen LogP contribution in [0.4, 0.5) is 5.69 Å². The Morgan fingerprint density at radius 1 is 1.16 bits per heavy atom. The van der Waals surface area contributed by atoms with Gasteiger partial charge < -0.3 is 10.6 Å². The SMILES string of the molecule is C=NC(N)=C(N=C(C)c1ccc(SC(C)C)cc1)C(=N)[N+](=O)c1ccc(CN(C)C)cc1. The van der Waals surface area contributed by atoms with Crippen molar-refractivity contribution in [1.29, 1.82) is 5.41 Å². The Kier molecular flexibility index (Phi) is 9.04. The van der Waals surface area contributed by atoms with Crippen LogP contribution >= 0.6 is 11.8 Å². The Balaban J connectivity index is 2.30. The number of nitrogens with zero attached hydrogens (tertiary/aromatic N) is 4. The number of nitrogens with two attached hydrogens (primary N) is 1. The van der Waals surface area contributed by atoms with Gasteiger partial charge in [-0.3, -0.25) is 0 Å². The van der Waals surface area contributed by atoms with Gasteiger partial charge in [0.1, 0.15) is 0 Å². The highest BCUT2D eigenvalue weighted by atomic mass is 32.2. The molecule has 0 amide bonds. The number of rotatable bonds is 9. The molecule has 0 aliphatic heterocycles. The maximum absolute atomic E-state index is 12.9. The van der Waals surface area contributed by atoms with Gasteiger partial charge in [0.05, 0.1) is 0 Å².